The quantitative estimate of drug-likeness (QED) is 0.207. The molecular formula is C17H34IN5OS. The van der Waals surface area contributed by atoms with Gasteiger partial charge in [-0.1, -0.05) is 6.92 Å². The zero-order chi connectivity index (χ0) is 17.6. The Morgan fingerprint density at radius 1 is 1.32 bits per heavy atom. The third-order valence-corrected chi connectivity index (χ3v) is 4.60. The molecule has 1 aromatic rings. The van der Waals surface area contributed by atoms with Gasteiger partial charge in [0.25, 0.3) is 0 Å². The fourth-order valence-corrected chi connectivity index (χ4v) is 2.98. The number of nitrogens with zero attached hydrogens (tertiary/aromatic N) is 3. The summed E-state index contributed by atoms with van der Waals surface area (Å²) in [7, 11) is 3.87. The number of rotatable bonds is 12. The fraction of sp³-hybridized carbons (Fsp3) is 0.765. The molecule has 0 atom stereocenters. The lowest BCUT2D eigenvalue weighted by atomic mass is 10.3. The van der Waals surface area contributed by atoms with E-state index in [-0.39, 0.29) is 24.0 Å². The van der Waals surface area contributed by atoms with Gasteiger partial charge in [0.1, 0.15) is 0 Å². The number of halogens is 1. The monoisotopic (exact) mass is 483 g/mol. The van der Waals surface area contributed by atoms with E-state index in [0.717, 1.165) is 70.2 Å². The Hall–Kier alpha value is -0.450. The molecule has 0 unspecified atom stereocenters. The van der Waals surface area contributed by atoms with Crippen molar-refractivity contribution in [1.82, 2.24) is 20.5 Å². The normalized spacial score (nSPS) is 11.5. The Morgan fingerprint density at radius 3 is 2.76 bits per heavy atom. The zero-order valence-electron chi connectivity index (χ0n) is 16.0. The van der Waals surface area contributed by atoms with Gasteiger partial charge in [-0.3, -0.25) is 4.99 Å². The lowest BCUT2D eigenvalue weighted by molar-refractivity contribution is 0.180. The van der Waals surface area contributed by atoms with Crippen molar-refractivity contribution < 1.29 is 4.74 Å². The van der Waals surface area contributed by atoms with E-state index in [1.165, 1.54) is 5.01 Å². The van der Waals surface area contributed by atoms with Gasteiger partial charge in [0.05, 0.1) is 17.2 Å². The number of aromatic nitrogens is 1. The van der Waals surface area contributed by atoms with Crippen LogP contribution in [0.2, 0.25) is 0 Å². The van der Waals surface area contributed by atoms with Crippen molar-refractivity contribution in [3.63, 3.8) is 0 Å². The number of hydrogen-bond donors (Lipinski definition) is 2. The maximum absolute atomic E-state index is 5.08. The summed E-state index contributed by atoms with van der Waals surface area (Å²) in [6.07, 6.45) is 3.00. The highest BCUT2D eigenvalue weighted by molar-refractivity contribution is 14.0. The smallest absolute Gasteiger partial charge is 0.191 e. The molecule has 8 heteroatoms. The maximum atomic E-state index is 5.08. The second kappa shape index (κ2) is 15.8. The van der Waals surface area contributed by atoms with Crippen LogP contribution in [0.25, 0.3) is 0 Å². The summed E-state index contributed by atoms with van der Waals surface area (Å²) in [6, 6.07) is 0. The number of ether oxygens (including phenoxy) is 1. The second-order valence-corrected chi connectivity index (χ2v) is 6.62. The van der Waals surface area contributed by atoms with Crippen molar-refractivity contribution >= 4 is 41.3 Å². The lowest BCUT2D eigenvalue weighted by Gasteiger charge is -2.16. The van der Waals surface area contributed by atoms with Crippen molar-refractivity contribution in [2.45, 2.75) is 33.1 Å². The van der Waals surface area contributed by atoms with E-state index in [1.54, 1.807) is 18.4 Å². The number of aryl methyl sites for hydroxylation is 1. The molecule has 0 aliphatic rings. The highest BCUT2D eigenvalue weighted by atomic mass is 127. The first-order valence-electron chi connectivity index (χ1n) is 8.82. The topological polar surface area (TPSA) is 61.8 Å². The fourth-order valence-electron chi connectivity index (χ4n) is 2.20. The summed E-state index contributed by atoms with van der Waals surface area (Å²) in [5, 5.41) is 10.0. The number of hydrogen-bond acceptors (Lipinski definition) is 5. The largest absolute Gasteiger partial charge is 0.385 e. The minimum absolute atomic E-state index is 0. The first-order chi connectivity index (χ1) is 11.7. The molecule has 6 nitrogen and oxygen atoms in total. The number of likely N-dealkylation sites (N-methyl/N-ethyl adjacent to an activating group) is 1. The summed E-state index contributed by atoms with van der Waals surface area (Å²) in [6.45, 7) is 9.53. The predicted molar refractivity (Wildman–Crippen MR) is 119 cm³/mol. The van der Waals surface area contributed by atoms with Crippen LogP contribution in [0.1, 0.15) is 31.0 Å². The van der Waals surface area contributed by atoms with Gasteiger partial charge in [0.2, 0.25) is 0 Å². The molecule has 25 heavy (non-hydrogen) atoms. The van der Waals surface area contributed by atoms with Gasteiger partial charge in [-0.15, -0.1) is 35.3 Å². The second-order valence-electron chi connectivity index (χ2n) is 5.67. The Balaban J connectivity index is 0.00000576. The van der Waals surface area contributed by atoms with E-state index >= 15 is 0 Å². The first-order valence-corrected chi connectivity index (χ1v) is 9.70. The third-order valence-electron chi connectivity index (χ3n) is 3.56. The molecule has 1 aromatic heterocycles. The van der Waals surface area contributed by atoms with E-state index in [9.17, 15) is 0 Å². The van der Waals surface area contributed by atoms with Gasteiger partial charge in [-0.2, -0.15) is 0 Å². The molecule has 0 radical (unpaired) electrons. The lowest BCUT2D eigenvalue weighted by Crippen LogP contribution is -2.39. The highest BCUT2D eigenvalue weighted by Gasteiger charge is 2.02. The van der Waals surface area contributed by atoms with Gasteiger partial charge < -0.3 is 20.3 Å². The summed E-state index contributed by atoms with van der Waals surface area (Å²) >= 11 is 1.74. The van der Waals surface area contributed by atoms with Crippen molar-refractivity contribution in [1.29, 1.82) is 0 Å². The van der Waals surface area contributed by atoms with E-state index in [2.05, 4.69) is 51.8 Å². The molecular weight excluding hydrogens is 449 g/mol. The van der Waals surface area contributed by atoms with Crippen molar-refractivity contribution in [2.75, 3.05) is 53.5 Å². The molecule has 0 aliphatic heterocycles. The minimum Gasteiger partial charge on any atom is -0.385 e. The first kappa shape index (κ1) is 24.6. The molecule has 0 saturated heterocycles. The van der Waals surface area contributed by atoms with Crippen LogP contribution in [-0.4, -0.2) is 69.3 Å². The standard InChI is InChI=1S/C17H33N5OS.HI/c1-5-16-21-15(14-24-16)8-9-19-17(18-6-2)20-10-12-22(3)11-7-13-23-4;/h14H,5-13H2,1-4H3,(H2,18,19,20);1H. The number of thiazole rings is 1. The summed E-state index contributed by atoms with van der Waals surface area (Å²) < 4.78 is 5.08. The minimum atomic E-state index is 0. The van der Waals surface area contributed by atoms with E-state index in [0.29, 0.717) is 0 Å². The average molecular weight is 483 g/mol. The molecule has 146 valence electrons. The van der Waals surface area contributed by atoms with E-state index in [4.69, 9.17) is 4.74 Å². The van der Waals surface area contributed by atoms with Crippen LogP contribution in [0.5, 0.6) is 0 Å². The van der Waals surface area contributed by atoms with Gasteiger partial charge in [0.15, 0.2) is 5.96 Å². The molecule has 0 aliphatic carbocycles. The molecule has 2 N–H and O–H groups in total. The maximum Gasteiger partial charge on any atom is 0.191 e. The molecule has 1 rings (SSSR count). The van der Waals surface area contributed by atoms with Gasteiger partial charge in [-0.05, 0) is 26.8 Å². The predicted octanol–water partition coefficient (Wildman–Crippen LogP) is 2.39. The van der Waals surface area contributed by atoms with Gasteiger partial charge in [0, 0.05) is 51.7 Å². The van der Waals surface area contributed by atoms with E-state index in [1.807, 2.05) is 0 Å². The number of aliphatic imine (C=N–C) groups is 1. The summed E-state index contributed by atoms with van der Waals surface area (Å²) in [5.41, 5.74) is 1.16. The van der Waals surface area contributed by atoms with E-state index < -0.39 is 0 Å². The summed E-state index contributed by atoms with van der Waals surface area (Å²) in [5.74, 6) is 0.883. The van der Waals surface area contributed by atoms with Crippen LogP contribution >= 0.6 is 35.3 Å². The number of nitrogens with one attached hydrogen (secondary N) is 2. The molecule has 0 amide bonds. The Kier molecular flexibility index (Phi) is 15.5. The van der Waals surface area contributed by atoms with Crippen molar-refractivity contribution in [3.8, 4) is 0 Å². The molecule has 0 spiro atoms. The molecule has 0 aromatic carbocycles. The Labute approximate surface area is 173 Å². The third kappa shape index (κ3) is 11.7. The van der Waals surface area contributed by atoms with Crippen LogP contribution in [0, 0.1) is 0 Å². The number of guanidine groups is 1. The summed E-state index contributed by atoms with van der Waals surface area (Å²) in [4.78, 5) is 11.5. The number of methoxy groups -OCH3 is 1. The van der Waals surface area contributed by atoms with Crippen LogP contribution < -0.4 is 10.6 Å². The highest BCUT2D eigenvalue weighted by Crippen LogP contribution is 2.10. The van der Waals surface area contributed by atoms with Crippen molar-refractivity contribution in [2.24, 2.45) is 4.99 Å². The van der Waals surface area contributed by atoms with Crippen molar-refractivity contribution in [3.05, 3.63) is 16.1 Å². The SMILES string of the molecule is CCNC(=NCCN(C)CCCOC)NCCc1csc(CC)n1.I. The molecule has 1 heterocycles. The Bertz CT molecular complexity index is 470. The zero-order valence-corrected chi connectivity index (χ0v) is 19.2. The van der Waals surface area contributed by atoms with Crippen LogP contribution in [0.3, 0.4) is 0 Å². The molecule has 0 bridgehead atoms. The molecule has 0 saturated carbocycles. The van der Waals surface area contributed by atoms with Gasteiger partial charge >= 0.3 is 0 Å². The Morgan fingerprint density at radius 2 is 2.12 bits per heavy atom. The van der Waals surface area contributed by atoms with Crippen LogP contribution in [0.15, 0.2) is 10.4 Å². The van der Waals surface area contributed by atoms with Crippen LogP contribution in [-0.2, 0) is 17.6 Å². The van der Waals surface area contributed by atoms with Crippen LogP contribution in [0.4, 0.5) is 0 Å². The average Bonchev–Trinajstić information content (AvgIpc) is 3.03. The van der Waals surface area contributed by atoms with Gasteiger partial charge in [-0.25, -0.2) is 4.98 Å². The molecule has 0 fully saturated rings.